The van der Waals surface area contributed by atoms with E-state index in [-0.39, 0.29) is 17.5 Å². The second kappa shape index (κ2) is 10.0. The van der Waals surface area contributed by atoms with E-state index in [1.807, 2.05) is 24.3 Å². The minimum absolute atomic E-state index is 0.0221. The third-order valence-corrected chi connectivity index (χ3v) is 4.55. The third kappa shape index (κ3) is 5.49. The van der Waals surface area contributed by atoms with Crippen LogP contribution >= 0.6 is 0 Å². The van der Waals surface area contributed by atoms with E-state index >= 15 is 0 Å². The van der Waals surface area contributed by atoms with Crippen molar-refractivity contribution in [3.05, 3.63) is 65.0 Å². The quantitative estimate of drug-likeness (QED) is 0.473. The summed E-state index contributed by atoms with van der Waals surface area (Å²) in [7, 11) is 0. The summed E-state index contributed by atoms with van der Waals surface area (Å²) >= 11 is 0. The highest BCUT2D eigenvalue weighted by atomic mass is 19.2. The fourth-order valence-corrected chi connectivity index (χ4v) is 3.02. The molecule has 2 nitrogen and oxygen atoms in total. The molecule has 0 aromatic heterocycles. The zero-order valence-electron chi connectivity index (χ0n) is 15.9. The van der Waals surface area contributed by atoms with Gasteiger partial charge < -0.3 is 5.11 Å². The Bertz CT molecular complexity index is 808. The fourth-order valence-electron chi connectivity index (χ4n) is 3.02. The molecule has 1 N–H and O–H groups in total. The van der Waals surface area contributed by atoms with Gasteiger partial charge in [0.25, 0.3) is 0 Å². The molecule has 0 unspecified atom stereocenters. The highest BCUT2D eigenvalue weighted by Gasteiger charge is 2.16. The van der Waals surface area contributed by atoms with Crippen molar-refractivity contribution in [2.75, 3.05) is 0 Å². The summed E-state index contributed by atoms with van der Waals surface area (Å²) in [4.78, 5) is 11.6. The molecule has 0 atom stereocenters. The molecule has 144 valence electrons. The summed E-state index contributed by atoms with van der Waals surface area (Å²) < 4.78 is 28.2. The van der Waals surface area contributed by atoms with Crippen LogP contribution < -0.4 is 0 Å². The van der Waals surface area contributed by atoms with Crippen LogP contribution in [0.15, 0.2) is 48.3 Å². The van der Waals surface area contributed by atoms with Gasteiger partial charge in [-0.3, -0.25) is 0 Å². The van der Waals surface area contributed by atoms with E-state index < -0.39 is 17.6 Å². The molecule has 0 spiro atoms. The van der Waals surface area contributed by atoms with Crippen molar-refractivity contribution in [1.29, 1.82) is 0 Å². The Labute approximate surface area is 159 Å². The first kappa shape index (κ1) is 20.8. The van der Waals surface area contributed by atoms with Gasteiger partial charge in [-0.15, -0.1) is 0 Å². The number of allylic oxidation sites excluding steroid dienone is 1. The van der Waals surface area contributed by atoms with E-state index in [4.69, 9.17) is 0 Å². The van der Waals surface area contributed by atoms with Gasteiger partial charge in [0, 0.05) is 12.0 Å². The Morgan fingerprint density at radius 1 is 0.963 bits per heavy atom. The number of rotatable bonds is 9. The molecule has 4 heteroatoms. The normalized spacial score (nSPS) is 12.0. The topological polar surface area (TPSA) is 37.3 Å². The van der Waals surface area contributed by atoms with Crippen LogP contribution in [0.4, 0.5) is 8.78 Å². The van der Waals surface area contributed by atoms with Crippen molar-refractivity contribution in [3.63, 3.8) is 0 Å². The molecule has 0 amide bonds. The molecule has 2 rings (SSSR count). The number of hydrogen-bond donors (Lipinski definition) is 1. The summed E-state index contributed by atoms with van der Waals surface area (Å²) in [6.07, 6.45) is 4.92. The van der Waals surface area contributed by atoms with Crippen LogP contribution in [0, 0.1) is 0 Å². The molecule has 27 heavy (non-hydrogen) atoms. The van der Waals surface area contributed by atoms with Crippen molar-refractivity contribution in [1.82, 2.24) is 0 Å². The number of carboxylic acid groups (broad SMARTS) is 1. The lowest BCUT2D eigenvalue weighted by molar-refractivity contribution is 0.0697. The highest BCUT2D eigenvalue weighted by molar-refractivity contribution is 5.96. The van der Waals surface area contributed by atoms with Crippen LogP contribution in [0.5, 0.6) is 0 Å². The molecule has 0 aliphatic carbocycles. The molecular formula is C23H26F2O2. The molecule has 2 aromatic rings. The maximum absolute atomic E-state index is 14.3. The Kier molecular flexibility index (Phi) is 7.71. The van der Waals surface area contributed by atoms with E-state index in [1.54, 1.807) is 6.92 Å². The van der Waals surface area contributed by atoms with Crippen molar-refractivity contribution in [3.8, 4) is 11.1 Å². The van der Waals surface area contributed by atoms with Gasteiger partial charge in [0.15, 0.2) is 5.83 Å². The average Bonchev–Trinajstić information content (AvgIpc) is 2.67. The van der Waals surface area contributed by atoms with Crippen LogP contribution in [0.25, 0.3) is 17.0 Å². The molecule has 0 bridgehead atoms. The van der Waals surface area contributed by atoms with Gasteiger partial charge in [0.1, 0.15) is 5.83 Å². The molecular weight excluding hydrogens is 346 g/mol. The second-order valence-corrected chi connectivity index (χ2v) is 6.69. The summed E-state index contributed by atoms with van der Waals surface area (Å²) in [6.45, 7) is 3.92. The Hall–Kier alpha value is -2.49. The van der Waals surface area contributed by atoms with Crippen LogP contribution in [0.3, 0.4) is 0 Å². The number of benzene rings is 2. The van der Waals surface area contributed by atoms with E-state index in [2.05, 4.69) is 6.92 Å². The number of aromatic carboxylic acids is 1. The molecule has 2 aromatic carbocycles. The first-order valence-electron chi connectivity index (χ1n) is 9.49. The number of carboxylic acids is 1. The molecule has 0 radical (unpaired) electrons. The molecule has 0 fully saturated rings. The first-order chi connectivity index (χ1) is 13.0. The zero-order valence-corrected chi connectivity index (χ0v) is 15.9. The molecule has 0 aliphatic heterocycles. The lowest BCUT2D eigenvalue weighted by Crippen LogP contribution is -2.00. The molecule has 0 aliphatic rings. The fraction of sp³-hybridized carbons (Fsp3) is 0.348. The minimum Gasteiger partial charge on any atom is -0.478 e. The van der Waals surface area contributed by atoms with Crippen molar-refractivity contribution in [2.24, 2.45) is 0 Å². The van der Waals surface area contributed by atoms with Gasteiger partial charge in [0.2, 0.25) is 0 Å². The van der Waals surface area contributed by atoms with Gasteiger partial charge >= 0.3 is 5.97 Å². The third-order valence-electron chi connectivity index (χ3n) is 4.55. The van der Waals surface area contributed by atoms with E-state index in [0.29, 0.717) is 17.5 Å². The zero-order chi connectivity index (χ0) is 19.8. The Morgan fingerprint density at radius 2 is 1.67 bits per heavy atom. The lowest BCUT2D eigenvalue weighted by Gasteiger charge is -2.10. The predicted octanol–water partition coefficient (Wildman–Crippen LogP) is 7.19. The van der Waals surface area contributed by atoms with Crippen molar-refractivity contribution in [2.45, 2.75) is 52.4 Å². The second-order valence-electron chi connectivity index (χ2n) is 6.69. The van der Waals surface area contributed by atoms with Crippen molar-refractivity contribution >= 4 is 11.8 Å². The van der Waals surface area contributed by atoms with Crippen LogP contribution in [-0.2, 0) is 6.42 Å². The Morgan fingerprint density at radius 3 is 2.26 bits per heavy atom. The van der Waals surface area contributed by atoms with Crippen molar-refractivity contribution < 1.29 is 18.7 Å². The van der Waals surface area contributed by atoms with E-state index in [0.717, 1.165) is 19.3 Å². The maximum atomic E-state index is 14.3. The number of halogens is 2. The maximum Gasteiger partial charge on any atom is 0.336 e. The predicted molar refractivity (Wildman–Crippen MR) is 106 cm³/mol. The summed E-state index contributed by atoms with van der Waals surface area (Å²) in [6, 6.07) is 11.7. The average molecular weight is 372 g/mol. The van der Waals surface area contributed by atoms with Gasteiger partial charge in [-0.1, -0.05) is 57.0 Å². The standard InChI is InChI=1S/C23H26F2O2/c1-3-5-6-8-16-9-11-17(12-10-16)20-15-18(13-14-19(20)23(26)27)22(25)21(24)7-4-2/h9-15H,3-8H2,1-2H3,(H,26,27). The first-order valence-corrected chi connectivity index (χ1v) is 9.49. The molecule has 0 saturated heterocycles. The largest absolute Gasteiger partial charge is 0.478 e. The number of hydrogen-bond acceptors (Lipinski definition) is 1. The van der Waals surface area contributed by atoms with Crippen LogP contribution in [0.1, 0.15) is 67.4 Å². The number of carbonyl (C=O) groups is 1. The van der Waals surface area contributed by atoms with E-state index in [9.17, 15) is 18.7 Å². The van der Waals surface area contributed by atoms with Gasteiger partial charge in [-0.05, 0) is 48.1 Å². The van der Waals surface area contributed by atoms with Crippen LogP contribution in [-0.4, -0.2) is 11.1 Å². The lowest BCUT2D eigenvalue weighted by atomic mass is 9.95. The van der Waals surface area contributed by atoms with Crippen LogP contribution in [0.2, 0.25) is 0 Å². The summed E-state index contributed by atoms with van der Waals surface area (Å²) in [5.41, 5.74) is 2.38. The minimum atomic E-state index is -1.10. The smallest absolute Gasteiger partial charge is 0.336 e. The molecule has 0 saturated carbocycles. The highest BCUT2D eigenvalue weighted by Crippen LogP contribution is 2.31. The Balaban J connectivity index is 2.40. The van der Waals surface area contributed by atoms with Gasteiger partial charge in [-0.25, -0.2) is 13.6 Å². The summed E-state index contributed by atoms with van der Waals surface area (Å²) in [5.74, 6) is -2.83. The number of unbranched alkanes of at least 4 members (excludes halogenated alkanes) is 2. The summed E-state index contributed by atoms with van der Waals surface area (Å²) in [5, 5.41) is 9.47. The van der Waals surface area contributed by atoms with E-state index in [1.165, 1.54) is 30.2 Å². The van der Waals surface area contributed by atoms with Gasteiger partial charge in [0.05, 0.1) is 5.56 Å². The monoisotopic (exact) mass is 372 g/mol. The number of aryl methyl sites for hydroxylation is 1. The SMILES string of the molecule is CCCCCc1ccc(-c2cc(C(F)=C(F)CCC)ccc2C(=O)O)cc1. The van der Waals surface area contributed by atoms with Gasteiger partial charge in [-0.2, -0.15) is 0 Å². The molecule has 0 heterocycles.